The first-order chi connectivity index (χ1) is 11.5. The number of thiophene rings is 1. The van der Waals surface area contributed by atoms with Gasteiger partial charge in [-0.25, -0.2) is 0 Å². The van der Waals surface area contributed by atoms with Gasteiger partial charge in [0, 0.05) is 10.6 Å². The van der Waals surface area contributed by atoms with E-state index in [-0.39, 0.29) is 6.54 Å². The second-order valence-corrected chi connectivity index (χ2v) is 7.12. The van der Waals surface area contributed by atoms with Crippen molar-refractivity contribution in [2.75, 3.05) is 11.9 Å². The molecule has 0 spiro atoms. The van der Waals surface area contributed by atoms with E-state index in [0.29, 0.717) is 10.6 Å². The van der Waals surface area contributed by atoms with Crippen molar-refractivity contribution in [2.45, 2.75) is 6.92 Å². The molecule has 1 N–H and O–H groups in total. The number of benzene rings is 1. The predicted molar refractivity (Wildman–Crippen MR) is 96.8 cm³/mol. The zero-order valence-corrected chi connectivity index (χ0v) is 14.4. The van der Waals surface area contributed by atoms with E-state index >= 15 is 0 Å². The number of rotatable bonds is 4. The molecule has 1 aliphatic heterocycles. The van der Waals surface area contributed by atoms with Crippen LogP contribution in [-0.4, -0.2) is 28.5 Å². The molecule has 2 heterocycles. The Bertz CT molecular complexity index is 828. The van der Waals surface area contributed by atoms with Crippen molar-refractivity contribution >= 4 is 51.9 Å². The third-order valence-electron chi connectivity index (χ3n) is 3.41. The van der Waals surface area contributed by atoms with Crippen molar-refractivity contribution in [3.8, 4) is 0 Å². The van der Waals surface area contributed by atoms with E-state index in [1.807, 2.05) is 42.6 Å². The molecule has 7 heteroatoms. The average Bonchev–Trinajstić information content (AvgIpc) is 3.14. The summed E-state index contributed by atoms with van der Waals surface area (Å²) in [5.74, 6) is -0.831. The minimum absolute atomic E-state index is 0.291. The van der Waals surface area contributed by atoms with Gasteiger partial charge in [0.2, 0.25) is 5.91 Å². The predicted octanol–water partition coefficient (Wildman–Crippen LogP) is 3.73. The van der Waals surface area contributed by atoms with E-state index in [4.69, 9.17) is 0 Å². The lowest BCUT2D eigenvalue weighted by Gasteiger charge is -2.13. The molecule has 1 aromatic heterocycles. The van der Waals surface area contributed by atoms with E-state index in [0.717, 1.165) is 27.1 Å². The van der Waals surface area contributed by atoms with E-state index in [1.54, 1.807) is 12.1 Å². The molecule has 0 bridgehead atoms. The monoisotopic (exact) mass is 358 g/mol. The van der Waals surface area contributed by atoms with Crippen LogP contribution in [0.2, 0.25) is 0 Å². The van der Waals surface area contributed by atoms with Gasteiger partial charge in [-0.2, -0.15) is 0 Å². The van der Waals surface area contributed by atoms with Gasteiger partial charge in [0.05, 0.1) is 4.91 Å². The first kappa shape index (κ1) is 16.5. The van der Waals surface area contributed by atoms with Gasteiger partial charge < -0.3 is 5.32 Å². The minimum atomic E-state index is -0.432. The minimum Gasteiger partial charge on any atom is -0.324 e. The Morgan fingerprint density at radius 3 is 2.71 bits per heavy atom. The SMILES string of the molecule is Cc1ccccc1NC(=O)CN1C(=O)S/C(=C\c2cccs2)C1=O. The van der Waals surface area contributed by atoms with Crippen molar-refractivity contribution < 1.29 is 14.4 Å². The smallest absolute Gasteiger partial charge is 0.294 e. The van der Waals surface area contributed by atoms with Crippen LogP contribution in [0, 0.1) is 6.92 Å². The number of nitrogens with one attached hydrogen (secondary N) is 1. The van der Waals surface area contributed by atoms with E-state index < -0.39 is 17.1 Å². The number of anilines is 1. The number of carbonyl (C=O) groups is 3. The molecule has 0 atom stereocenters. The second kappa shape index (κ2) is 7.02. The Kier molecular flexibility index (Phi) is 4.82. The number of amides is 3. The molecule has 24 heavy (non-hydrogen) atoms. The van der Waals surface area contributed by atoms with Gasteiger partial charge >= 0.3 is 0 Å². The molecule has 1 saturated heterocycles. The fraction of sp³-hybridized carbons (Fsp3) is 0.118. The summed E-state index contributed by atoms with van der Waals surface area (Å²) in [4.78, 5) is 38.7. The third-order valence-corrected chi connectivity index (χ3v) is 5.14. The zero-order valence-electron chi connectivity index (χ0n) is 12.8. The Hall–Kier alpha value is -2.38. The van der Waals surface area contributed by atoms with Gasteiger partial charge in [0.15, 0.2) is 0 Å². The lowest BCUT2D eigenvalue weighted by molar-refractivity contribution is -0.127. The van der Waals surface area contributed by atoms with Gasteiger partial charge in [-0.3, -0.25) is 19.3 Å². The highest BCUT2D eigenvalue weighted by molar-refractivity contribution is 8.18. The Labute approximate surface area is 147 Å². The summed E-state index contributed by atoms with van der Waals surface area (Å²) < 4.78 is 0. The highest BCUT2D eigenvalue weighted by atomic mass is 32.2. The fourth-order valence-corrected chi connectivity index (χ4v) is 3.75. The normalized spacial score (nSPS) is 16.0. The Balaban J connectivity index is 1.69. The summed E-state index contributed by atoms with van der Waals surface area (Å²) >= 11 is 2.34. The number of hydrogen-bond donors (Lipinski definition) is 1. The summed E-state index contributed by atoms with van der Waals surface area (Å²) in [5.41, 5.74) is 1.58. The quantitative estimate of drug-likeness (QED) is 0.846. The molecular formula is C17H14N2O3S2. The summed E-state index contributed by atoms with van der Waals surface area (Å²) in [6.07, 6.45) is 1.68. The van der Waals surface area contributed by atoms with Crippen LogP contribution in [0.25, 0.3) is 6.08 Å². The maximum absolute atomic E-state index is 12.3. The molecule has 5 nitrogen and oxygen atoms in total. The van der Waals surface area contributed by atoms with Crippen molar-refractivity contribution in [3.63, 3.8) is 0 Å². The lowest BCUT2D eigenvalue weighted by Crippen LogP contribution is -2.36. The summed E-state index contributed by atoms with van der Waals surface area (Å²) in [6, 6.07) is 11.1. The molecule has 1 aromatic carbocycles. The topological polar surface area (TPSA) is 66.5 Å². The van der Waals surface area contributed by atoms with Crippen LogP contribution in [0.5, 0.6) is 0 Å². The van der Waals surface area contributed by atoms with Crippen LogP contribution in [0.15, 0.2) is 46.7 Å². The highest BCUT2D eigenvalue weighted by Crippen LogP contribution is 2.32. The molecule has 2 aromatic rings. The number of nitrogens with zero attached hydrogens (tertiary/aromatic N) is 1. The maximum atomic E-state index is 12.3. The highest BCUT2D eigenvalue weighted by Gasteiger charge is 2.36. The fourth-order valence-electron chi connectivity index (χ4n) is 2.19. The van der Waals surface area contributed by atoms with Crippen LogP contribution in [0.4, 0.5) is 10.5 Å². The third kappa shape index (κ3) is 3.58. The van der Waals surface area contributed by atoms with Crippen LogP contribution in [-0.2, 0) is 9.59 Å². The standard InChI is InChI=1S/C17H14N2O3S2/c1-11-5-2-3-7-13(11)18-15(20)10-19-16(21)14(24-17(19)22)9-12-6-4-8-23-12/h2-9H,10H2,1H3,(H,18,20)/b14-9-. The molecule has 0 radical (unpaired) electrons. The molecule has 0 unspecified atom stereocenters. The van der Waals surface area contributed by atoms with Gasteiger partial charge in [0.1, 0.15) is 6.54 Å². The summed E-state index contributed by atoms with van der Waals surface area (Å²) in [5, 5.41) is 4.19. The van der Waals surface area contributed by atoms with E-state index in [1.165, 1.54) is 11.3 Å². The van der Waals surface area contributed by atoms with Gasteiger partial charge in [-0.1, -0.05) is 24.3 Å². The zero-order chi connectivity index (χ0) is 17.1. The summed E-state index contributed by atoms with van der Waals surface area (Å²) in [7, 11) is 0. The van der Waals surface area contributed by atoms with Gasteiger partial charge in [-0.05, 0) is 47.8 Å². The average molecular weight is 358 g/mol. The first-order valence-corrected chi connectivity index (χ1v) is 8.88. The number of para-hydroxylation sites is 1. The molecule has 0 aliphatic carbocycles. The molecular weight excluding hydrogens is 344 g/mol. The number of aryl methyl sites for hydroxylation is 1. The number of imide groups is 1. The molecule has 3 rings (SSSR count). The van der Waals surface area contributed by atoms with Crippen LogP contribution in [0.1, 0.15) is 10.4 Å². The number of hydrogen-bond acceptors (Lipinski definition) is 5. The van der Waals surface area contributed by atoms with Crippen LogP contribution in [0.3, 0.4) is 0 Å². The van der Waals surface area contributed by atoms with Gasteiger partial charge in [-0.15, -0.1) is 11.3 Å². The molecule has 1 fully saturated rings. The van der Waals surface area contributed by atoms with Crippen LogP contribution < -0.4 is 5.32 Å². The first-order valence-electron chi connectivity index (χ1n) is 7.19. The molecule has 122 valence electrons. The summed E-state index contributed by atoms with van der Waals surface area (Å²) in [6.45, 7) is 1.58. The van der Waals surface area contributed by atoms with Crippen molar-refractivity contribution in [3.05, 3.63) is 57.1 Å². The number of carbonyl (C=O) groups excluding carboxylic acids is 3. The molecule has 0 saturated carbocycles. The maximum Gasteiger partial charge on any atom is 0.294 e. The Morgan fingerprint density at radius 2 is 2.00 bits per heavy atom. The van der Waals surface area contributed by atoms with E-state index in [2.05, 4.69) is 5.32 Å². The van der Waals surface area contributed by atoms with Crippen molar-refractivity contribution in [1.82, 2.24) is 4.90 Å². The van der Waals surface area contributed by atoms with Crippen molar-refractivity contribution in [2.24, 2.45) is 0 Å². The van der Waals surface area contributed by atoms with Crippen LogP contribution >= 0.6 is 23.1 Å². The Morgan fingerprint density at radius 1 is 1.21 bits per heavy atom. The van der Waals surface area contributed by atoms with Gasteiger partial charge in [0.25, 0.3) is 11.1 Å². The van der Waals surface area contributed by atoms with Crippen molar-refractivity contribution in [1.29, 1.82) is 0 Å². The lowest BCUT2D eigenvalue weighted by atomic mass is 10.2. The number of thioether (sulfide) groups is 1. The second-order valence-electron chi connectivity index (χ2n) is 5.15. The van der Waals surface area contributed by atoms with E-state index in [9.17, 15) is 14.4 Å². The molecule has 3 amide bonds. The largest absolute Gasteiger partial charge is 0.324 e. The molecule has 1 aliphatic rings.